The molecule has 2 heterocycles. The number of nitrogens with one attached hydrogen (secondary N) is 2. The minimum atomic E-state index is -0.922. The third-order valence-electron chi connectivity index (χ3n) is 4.66. The van der Waals surface area contributed by atoms with Crippen LogP contribution in [-0.4, -0.2) is 62.8 Å². The number of hydrogen-bond donors (Lipinski definition) is 3. The van der Waals surface area contributed by atoms with Gasteiger partial charge in [0.05, 0.1) is 6.54 Å². The summed E-state index contributed by atoms with van der Waals surface area (Å²) >= 11 is 2.28. The maximum atomic E-state index is 12.7. The lowest BCUT2D eigenvalue weighted by Crippen LogP contribution is -2.53. The topological polar surface area (TPSA) is 116 Å². The van der Waals surface area contributed by atoms with Gasteiger partial charge in [0.2, 0.25) is 17.7 Å². The number of carbonyl (C=O) groups excluding carboxylic acids is 3. The van der Waals surface area contributed by atoms with Crippen molar-refractivity contribution in [3.05, 3.63) is 0 Å². The predicted molar refractivity (Wildman–Crippen MR) is 98.1 cm³/mol. The number of piperidine rings is 1. The molecule has 25 heavy (non-hydrogen) atoms. The number of likely N-dealkylation sites (tertiary alicyclic amines) is 1. The van der Waals surface area contributed by atoms with Crippen molar-refractivity contribution in [2.75, 3.05) is 13.1 Å². The lowest BCUT2D eigenvalue weighted by molar-refractivity contribution is -0.144. The summed E-state index contributed by atoms with van der Waals surface area (Å²) in [4.78, 5) is 48.3. The van der Waals surface area contributed by atoms with Gasteiger partial charge in [-0.3, -0.25) is 24.5 Å². The number of carboxylic acid groups (broad SMARTS) is 1. The second kappa shape index (κ2) is 8.93. The van der Waals surface area contributed by atoms with E-state index in [-0.39, 0.29) is 36.7 Å². The summed E-state index contributed by atoms with van der Waals surface area (Å²) in [5.74, 6) is -1.90. The van der Waals surface area contributed by atoms with Crippen molar-refractivity contribution in [3.8, 4) is 0 Å². The van der Waals surface area contributed by atoms with Crippen LogP contribution in [0.1, 0.15) is 39.0 Å². The maximum Gasteiger partial charge on any atom is 0.317 e. The van der Waals surface area contributed by atoms with Gasteiger partial charge in [-0.25, -0.2) is 0 Å². The van der Waals surface area contributed by atoms with Gasteiger partial charge in [-0.2, -0.15) is 0 Å². The molecule has 0 aliphatic carbocycles. The van der Waals surface area contributed by atoms with E-state index in [1.54, 1.807) is 4.90 Å². The molecule has 2 rings (SSSR count). The molecule has 140 valence electrons. The van der Waals surface area contributed by atoms with Crippen LogP contribution in [0.25, 0.3) is 0 Å². The van der Waals surface area contributed by atoms with Crippen molar-refractivity contribution in [2.45, 2.75) is 55.0 Å². The normalized spacial score (nSPS) is 26.5. The van der Waals surface area contributed by atoms with Crippen molar-refractivity contribution in [3.63, 3.8) is 0 Å². The highest BCUT2D eigenvalue weighted by atomic mass is 127. The number of aliphatic carboxylic acids is 1. The zero-order chi connectivity index (χ0) is 18.6. The Bertz CT molecular complexity index is 554. The molecule has 0 aromatic carbocycles. The largest absolute Gasteiger partial charge is 0.480 e. The molecule has 2 aliphatic rings. The summed E-state index contributed by atoms with van der Waals surface area (Å²) in [5.41, 5.74) is 0. The van der Waals surface area contributed by atoms with Gasteiger partial charge in [0, 0.05) is 28.8 Å². The Morgan fingerprint density at radius 1 is 1.40 bits per heavy atom. The molecule has 4 atom stereocenters. The van der Waals surface area contributed by atoms with Crippen LogP contribution in [0.2, 0.25) is 0 Å². The van der Waals surface area contributed by atoms with Crippen LogP contribution in [-0.2, 0) is 19.2 Å². The van der Waals surface area contributed by atoms with Crippen molar-refractivity contribution in [2.24, 2.45) is 5.92 Å². The van der Waals surface area contributed by atoms with Crippen LogP contribution < -0.4 is 10.6 Å². The number of carboxylic acids is 1. The monoisotopic (exact) mass is 465 g/mol. The van der Waals surface area contributed by atoms with Crippen LogP contribution in [0.3, 0.4) is 0 Å². The first-order valence-corrected chi connectivity index (χ1v) is 9.76. The number of alkyl halides is 1. The third-order valence-corrected chi connectivity index (χ3v) is 5.17. The van der Waals surface area contributed by atoms with E-state index in [0.717, 1.165) is 6.42 Å². The van der Waals surface area contributed by atoms with E-state index in [1.165, 1.54) is 0 Å². The lowest BCUT2D eigenvalue weighted by Gasteiger charge is -2.30. The van der Waals surface area contributed by atoms with Gasteiger partial charge in [-0.15, -0.1) is 0 Å². The summed E-state index contributed by atoms with van der Waals surface area (Å²) in [5, 5.41) is 14.2. The fraction of sp³-hybridized carbons (Fsp3) is 0.750. The minimum absolute atomic E-state index is 0.0568. The fourth-order valence-electron chi connectivity index (χ4n) is 3.50. The van der Waals surface area contributed by atoms with Crippen LogP contribution in [0.4, 0.5) is 0 Å². The second-order valence-corrected chi connectivity index (χ2v) is 8.83. The molecule has 0 spiro atoms. The molecule has 8 nitrogen and oxygen atoms in total. The maximum absolute atomic E-state index is 12.7. The Morgan fingerprint density at radius 3 is 2.72 bits per heavy atom. The van der Waals surface area contributed by atoms with Gasteiger partial charge in [0.25, 0.3) is 0 Å². The molecule has 2 saturated heterocycles. The SMILES string of the molecule is CC(I)CC(CC1CCN(C2CCC(=O)NC2=O)C1=O)NCC(=O)O. The van der Waals surface area contributed by atoms with Crippen molar-refractivity contribution < 1.29 is 24.3 Å². The zero-order valence-electron chi connectivity index (χ0n) is 14.2. The summed E-state index contributed by atoms with van der Waals surface area (Å²) in [6, 6.07) is -0.622. The molecule has 3 N–H and O–H groups in total. The number of nitrogens with zero attached hydrogens (tertiary/aromatic N) is 1. The third kappa shape index (κ3) is 5.63. The van der Waals surface area contributed by atoms with Crippen molar-refractivity contribution >= 4 is 46.3 Å². The molecule has 0 bridgehead atoms. The molecule has 0 aromatic heterocycles. The van der Waals surface area contributed by atoms with E-state index < -0.39 is 17.9 Å². The second-order valence-electron chi connectivity index (χ2n) is 6.71. The van der Waals surface area contributed by atoms with Crippen LogP contribution in [0.15, 0.2) is 0 Å². The molecule has 0 aromatic rings. The van der Waals surface area contributed by atoms with Crippen molar-refractivity contribution in [1.82, 2.24) is 15.5 Å². The first-order valence-electron chi connectivity index (χ1n) is 8.51. The summed E-state index contributed by atoms with van der Waals surface area (Å²) < 4.78 is 0.353. The molecule has 3 amide bonds. The number of imide groups is 1. The van der Waals surface area contributed by atoms with E-state index in [2.05, 4.69) is 33.2 Å². The highest BCUT2D eigenvalue weighted by Crippen LogP contribution is 2.28. The zero-order valence-corrected chi connectivity index (χ0v) is 16.3. The number of amides is 3. The van der Waals surface area contributed by atoms with Crippen LogP contribution in [0.5, 0.6) is 0 Å². The summed E-state index contributed by atoms with van der Waals surface area (Å²) in [7, 11) is 0. The quantitative estimate of drug-likeness (QED) is 0.270. The number of hydrogen-bond acceptors (Lipinski definition) is 5. The molecular weight excluding hydrogens is 441 g/mol. The van der Waals surface area contributed by atoms with Gasteiger partial charge >= 0.3 is 5.97 Å². The van der Waals surface area contributed by atoms with Gasteiger partial charge < -0.3 is 15.3 Å². The van der Waals surface area contributed by atoms with Crippen LogP contribution >= 0.6 is 22.6 Å². The Hall–Kier alpha value is -1.23. The number of rotatable bonds is 8. The smallest absolute Gasteiger partial charge is 0.317 e. The number of carbonyl (C=O) groups is 4. The standard InChI is InChI=1S/C16H24IN3O5/c1-9(17)6-11(18-8-14(22)23)7-10-4-5-20(16(10)25)12-2-3-13(21)19-15(12)24/h9-12,18H,2-8H2,1H3,(H,22,23)(H,19,21,24). The Balaban J connectivity index is 1.95. The Morgan fingerprint density at radius 2 is 2.12 bits per heavy atom. The van der Waals surface area contributed by atoms with E-state index in [1.807, 2.05) is 6.92 Å². The fourth-order valence-corrected chi connectivity index (χ4v) is 4.11. The summed E-state index contributed by atoms with van der Waals surface area (Å²) in [6.07, 6.45) is 2.60. The summed E-state index contributed by atoms with van der Waals surface area (Å²) in [6.45, 7) is 2.41. The van der Waals surface area contributed by atoms with Gasteiger partial charge in [-0.05, 0) is 25.7 Å². The van der Waals surface area contributed by atoms with Gasteiger partial charge in [0.15, 0.2) is 0 Å². The van der Waals surface area contributed by atoms with E-state index >= 15 is 0 Å². The molecule has 2 aliphatic heterocycles. The van der Waals surface area contributed by atoms with E-state index in [9.17, 15) is 19.2 Å². The minimum Gasteiger partial charge on any atom is -0.480 e. The van der Waals surface area contributed by atoms with Gasteiger partial charge in [-0.1, -0.05) is 29.5 Å². The molecule has 9 heteroatoms. The number of halogens is 1. The average Bonchev–Trinajstić information content (AvgIpc) is 2.85. The Labute approximate surface area is 160 Å². The average molecular weight is 465 g/mol. The first-order chi connectivity index (χ1) is 11.8. The van der Waals surface area contributed by atoms with Crippen molar-refractivity contribution in [1.29, 1.82) is 0 Å². The predicted octanol–water partition coefficient (Wildman–Crippen LogP) is 0.287. The molecule has 0 radical (unpaired) electrons. The first kappa shape index (κ1) is 20.1. The molecular formula is C16H24IN3O5. The highest BCUT2D eigenvalue weighted by Gasteiger charge is 2.41. The highest BCUT2D eigenvalue weighted by molar-refractivity contribution is 14.1. The van der Waals surface area contributed by atoms with E-state index in [0.29, 0.717) is 29.7 Å². The molecule has 0 saturated carbocycles. The van der Waals surface area contributed by atoms with Gasteiger partial charge in [0.1, 0.15) is 6.04 Å². The van der Waals surface area contributed by atoms with E-state index in [4.69, 9.17) is 5.11 Å². The lowest BCUT2D eigenvalue weighted by atomic mass is 9.95. The molecule has 2 fully saturated rings. The Kier molecular flexibility index (Phi) is 7.17. The molecule has 4 unspecified atom stereocenters. The van der Waals surface area contributed by atoms with Crippen LogP contribution in [0, 0.1) is 5.92 Å².